The molecule has 0 radical (unpaired) electrons. The molecular weight excluding hydrogens is 256 g/mol. The van der Waals surface area contributed by atoms with Crippen molar-refractivity contribution < 1.29 is 4.79 Å². The minimum Gasteiger partial charge on any atom is -0.294 e. The second-order valence-corrected chi connectivity index (χ2v) is 5.73. The third-order valence-corrected chi connectivity index (χ3v) is 4.52. The minimum absolute atomic E-state index is 0.229. The highest BCUT2D eigenvalue weighted by molar-refractivity contribution is 6.09. The van der Waals surface area contributed by atoms with E-state index in [1.165, 1.54) is 11.1 Å². The first-order valence-electron chi connectivity index (χ1n) is 7.54. The van der Waals surface area contributed by atoms with Gasteiger partial charge in [-0.15, -0.1) is 0 Å². The van der Waals surface area contributed by atoms with Gasteiger partial charge in [-0.25, -0.2) is 0 Å². The fraction of sp³-hybridized carbons (Fsp3) is 0.250. The summed E-state index contributed by atoms with van der Waals surface area (Å²) < 4.78 is 0. The van der Waals surface area contributed by atoms with Gasteiger partial charge in [0.1, 0.15) is 0 Å². The van der Waals surface area contributed by atoms with Crippen LogP contribution in [0.1, 0.15) is 49.0 Å². The summed E-state index contributed by atoms with van der Waals surface area (Å²) in [5.41, 5.74) is 4.70. The van der Waals surface area contributed by atoms with Crippen molar-refractivity contribution >= 4 is 16.6 Å². The molecule has 0 heterocycles. The van der Waals surface area contributed by atoms with Crippen molar-refractivity contribution in [2.75, 3.05) is 0 Å². The zero-order chi connectivity index (χ0) is 15.0. The third-order valence-electron chi connectivity index (χ3n) is 4.52. The van der Waals surface area contributed by atoms with Gasteiger partial charge in [0.2, 0.25) is 0 Å². The zero-order valence-corrected chi connectivity index (χ0v) is 12.8. The Bertz CT molecular complexity index is 778. The van der Waals surface area contributed by atoms with E-state index < -0.39 is 0 Å². The lowest BCUT2D eigenvalue weighted by Gasteiger charge is -2.18. The summed E-state index contributed by atoms with van der Waals surface area (Å²) >= 11 is 0. The smallest absolute Gasteiger partial charge is 0.163 e. The number of fused-ring (bicyclic) bond motifs is 1. The predicted molar refractivity (Wildman–Crippen MR) is 88.8 cm³/mol. The summed E-state index contributed by atoms with van der Waals surface area (Å²) in [7, 11) is 0. The van der Waals surface area contributed by atoms with Crippen LogP contribution in [0.4, 0.5) is 0 Å². The van der Waals surface area contributed by atoms with Gasteiger partial charge in [0.25, 0.3) is 0 Å². The number of ketones is 1. The molecule has 1 heteroatoms. The minimum atomic E-state index is 0.229. The van der Waals surface area contributed by atoms with Crippen LogP contribution in [-0.4, -0.2) is 5.78 Å². The zero-order valence-electron chi connectivity index (χ0n) is 12.8. The van der Waals surface area contributed by atoms with E-state index in [4.69, 9.17) is 0 Å². The number of Topliss-reactive ketones (excluding diaryl/α,β-unsaturated/α-hetero) is 1. The van der Waals surface area contributed by atoms with E-state index in [1.54, 1.807) is 0 Å². The Morgan fingerprint density at radius 3 is 2.52 bits per heavy atom. The Hall–Kier alpha value is -2.15. The number of rotatable bonds is 3. The van der Waals surface area contributed by atoms with Crippen LogP contribution in [0.3, 0.4) is 0 Å². The average molecular weight is 276 g/mol. The Morgan fingerprint density at radius 1 is 1.10 bits per heavy atom. The molecule has 0 N–H and O–H groups in total. The molecule has 0 aromatic heterocycles. The van der Waals surface area contributed by atoms with Crippen molar-refractivity contribution in [3.8, 4) is 0 Å². The lowest BCUT2D eigenvalue weighted by Crippen LogP contribution is -2.07. The Morgan fingerprint density at radius 2 is 1.86 bits per heavy atom. The molecule has 0 saturated heterocycles. The van der Waals surface area contributed by atoms with Crippen molar-refractivity contribution in [2.24, 2.45) is 0 Å². The first-order chi connectivity index (χ1) is 10.1. The monoisotopic (exact) mass is 276 g/mol. The van der Waals surface area contributed by atoms with Crippen molar-refractivity contribution in [1.82, 2.24) is 0 Å². The Balaban J connectivity index is 2.28. The number of carbonyl (C=O) groups is 1. The summed E-state index contributed by atoms with van der Waals surface area (Å²) in [6.07, 6.45) is 4.91. The molecule has 21 heavy (non-hydrogen) atoms. The van der Waals surface area contributed by atoms with Crippen LogP contribution < -0.4 is 0 Å². The number of hydrogen-bond acceptors (Lipinski definition) is 1. The number of carbonyl (C=O) groups excluding carboxylic acids is 1. The molecule has 3 rings (SSSR count). The maximum absolute atomic E-state index is 12.6. The number of hydrogen-bond donors (Lipinski definition) is 0. The highest BCUT2D eigenvalue weighted by Crippen LogP contribution is 2.38. The topological polar surface area (TPSA) is 17.1 Å². The van der Waals surface area contributed by atoms with Crippen LogP contribution in [0.2, 0.25) is 0 Å². The average Bonchev–Trinajstić information content (AvgIpc) is 2.85. The molecule has 2 aromatic carbocycles. The van der Waals surface area contributed by atoms with E-state index in [9.17, 15) is 4.79 Å². The van der Waals surface area contributed by atoms with E-state index >= 15 is 0 Å². The van der Waals surface area contributed by atoms with Crippen molar-refractivity contribution in [3.63, 3.8) is 0 Å². The first-order valence-corrected chi connectivity index (χ1v) is 7.54. The van der Waals surface area contributed by atoms with E-state index in [2.05, 4.69) is 50.3 Å². The predicted octanol–water partition coefficient (Wildman–Crippen LogP) is 5.42. The molecule has 0 aliphatic heterocycles. The van der Waals surface area contributed by atoms with E-state index in [1.807, 2.05) is 19.1 Å². The van der Waals surface area contributed by atoms with Gasteiger partial charge in [-0.3, -0.25) is 4.79 Å². The summed E-state index contributed by atoms with van der Waals surface area (Å²) in [5.74, 6) is 0.465. The van der Waals surface area contributed by atoms with Gasteiger partial charge in [-0.05, 0) is 30.2 Å². The largest absolute Gasteiger partial charge is 0.294 e. The normalized spacial score (nSPS) is 17.8. The highest BCUT2D eigenvalue weighted by atomic mass is 16.1. The van der Waals surface area contributed by atoms with E-state index in [0.29, 0.717) is 6.42 Å². The molecule has 2 aromatic rings. The lowest BCUT2D eigenvalue weighted by molar-refractivity contribution is 0.0989. The molecule has 0 spiro atoms. The molecule has 0 amide bonds. The molecule has 1 aliphatic rings. The quantitative estimate of drug-likeness (QED) is 0.684. The molecule has 0 bridgehead atoms. The molecule has 1 atom stereocenters. The number of allylic oxidation sites excluding steroid dienone is 4. The van der Waals surface area contributed by atoms with Gasteiger partial charge in [0.15, 0.2) is 5.78 Å². The van der Waals surface area contributed by atoms with Crippen LogP contribution in [0, 0.1) is 0 Å². The lowest BCUT2D eigenvalue weighted by atomic mass is 9.85. The maximum Gasteiger partial charge on any atom is 0.163 e. The van der Waals surface area contributed by atoms with Gasteiger partial charge in [-0.1, -0.05) is 66.6 Å². The van der Waals surface area contributed by atoms with Crippen LogP contribution in [0.5, 0.6) is 0 Å². The summed E-state index contributed by atoms with van der Waals surface area (Å²) in [5, 5.41) is 2.21. The summed E-state index contributed by atoms with van der Waals surface area (Å²) in [6.45, 7) is 6.23. The van der Waals surface area contributed by atoms with Gasteiger partial charge < -0.3 is 0 Å². The van der Waals surface area contributed by atoms with Crippen LogP contribution >= 0.6 is 0 Å². The van der Waals surface area contributed by atoms with Gasteiger partial charge >= 0.3 is 0 Å². The number of benzene rings is 2. The maximum atomic E-state index is 12.6. The SMILES string of the molecule is CCC(=O)c1c(C2C=CC(C)=C2C)ccc2ccccc12. The molecule has 1 unspecified atom stereocenters. The Labute approximate surface area is 126 Å². The molecule has 0 saturated carbocycles. The van der Waals surface area contributed by atoms with Crippen molar-refractivity contribution in [2.45, 2.75) is 33.1 Å². The van der Waals surface area contributed by atoms with Crippen LogP contribution in [-0.2, 0) is 0 Å². The highest BCUT2D eigenvalue weighted by Gasteiger charge is 2.23. The standard InChI is InChI=1S/C20H20O/c1-4-19(21)20-17-8-6-5-7-15(17)10-12-18(20)16-11-9-13(2)14(16)3/h5-12,16H,4H2,1-3H3. The molecule has 1 aliphatic carbocycles. The molecule has 1 nitrogen and oxygen atoms in total. The molecule has 106 valence electrons. The van der Waals surface area contributed by atoms with E-state index in [0.717, 1.165) is 21.9 Å². The van der Waals surface area contributed by atoms with E-state index in [-0.39, 0.29) is 11.7 Å². The summed E-state index contributed by atoms with van der Waals surface area (Å²) in [6, 6.07) is 12.4. The second kappa shape index (κ2) is 5.33. The fourth-order valence-electron chi connectivity index (χ4n) is 3.13. The van der Waals surface area contributed by atoms with Gasteiger partial charge in [-0.2, -0.15) is 0 Å². The van der Waals surface area contributed by atoms with Gasteiger partial charge in [0.05, 0.1) is 0 Å². The van der Waals surface area contributed by atoms with Crippen LogP contribution in [0.15, 0.2) is 59.7 Å². The summed E-state index contributed by atoms with van der Waals surface area (Å²) in [4.78, 5) is 12.6. The Kier molecular flexibility index (Phi) is 3.50. The van der Waals surface area contributed by atoms with Crippen molar-refractivity contribution in [3.05, 3.63) is 70.8 Å². The van der Waals surface area contributed by atoms with Crippen molar-refractivity contribution in [1.29, 1.82) is 0 Å². The fourth-order valence-corrected chi connectivity index (χ4v) is 3.13. The van der Waals surface area contributed by atoms with Gasteiger partial charge in [0, 0.05) is 17.9 Å². The third kappa shape index (κ3) is 2.23. The van der Waals surface area contributed by atoms with Crippen LogP contribution in [0.25, 0.3) is 10.8 Å². The molecular formula is C20H20O. The first kappa shape index (κ1) is 13.8. The molecule has 0 fully saturated rings. The second-order valence-electron chi connectivity index (χ2n) is 5.73.